The average molecular weight is 349 g/mol. The molecule has 0 heterocycles. The Hall–Kier alpha value is -2.13. The molecule has 2 atom stereocenters. The predicted molar refractivity (Wildman–Crippen MR) is 103 cm³/mol. The maximum atomic E-state index is 11.5. The van der Waals surface area contributed by atoms with Crippen molar-refractivity contribution in [1.82, 2.24) is 5.32 Å². The van der Waals surface area contributed by atoms with Crippen molar-refractivity contribution in [2.75, 3.05) is 13.7 Å². The smallest absolute Gasteiger partial charge is 0.337 e. The molecule has 2 fully saturated rings. The Balaban J connectivity index is 1.23. The molecule has 2 aromatic carbocycles. The number of carbonyl (C=O) groups is 1. The molecule has 0 radical (unpaired) electrons. The zero-order valence-corrected chi connectivity index (χ0v) is 15.4. The van der Waals surface area contributed by atoms with Crippen molar-refractivity contribution in [3.63, 3.8) is 0 Å². The number of esters is 1. The first-order valence-corrected chi connectivity index (χ1v) is 9.65. The number of hydrogen-bond acceptors (Lipinski definition) is 3. The van der Waals surface area contributed by atoms with Crippen molar-refractivity contribution < 1.29 is 9.53 Å². The number of ether oxygens (including phenoxy) is 1. The summed E-state index contributed by atoms with van der Waals surface area (Å²) in [7, 11) is 1.42. The summed E-state index contributed by atoms with van der Waals surface area (Å²) < 4.78 is 4.75. The van der Waals surface area contributed by atoms with Crippen molar-refractivity contribution in [2.45, 2.75) is 44.1 Å². The number of nitrogens with one attached hydrogen (secondary N) is 1. The van der Waals surface area contributed by atoms with Crippen LogP contribution in [0.15, 0.2) is 54.6 Å². The zero-order valence-electron chi connectivity index (χ0n) is 15.4. The van der Waals surface area contributed by atoms with Crippen LogP contribution in [0.25, 0.3) is 0 Å². The SMILES string of the molecule is COC(=O)c1ccc(CCC2(CN[C@H]3CC3c3ccccc3)CC2)cc1. The van der Waals surface area contributed by atoms with Crippen LogP contribution in [0.3, 0.4) is 0 Å². The first kappa shape index (κ1) is 17.3. The summed E-state index contributed by atoms with van der Waals surface area (Å²) in [6, 6.07) is 19.4. The number of rotatable bonds is 8. The average Bonchev–Trinajstić information content (AvgIpc) is 3.61. The Bertz CT molecular complexity index is 750. The van der Waals surface area contributed by atoms with Gasteiger partial charge < -0.3 is 10.1 Å². The van der Waals surface area contributed by atoms with E-state index in [2.05, 4.69) is 47.8 Å². The van der Waals surface area contributed by atoms with Gasteiger partial charge >= 0.3 is 5.97 Å². The lowest BCUT2D eigenvalue weighted by Gasteiger charge is -2.16. The highest BCUT2D eigenvalue weighted by molar-refractivity contribution is 5.89. The van der Waals surface area contributed by atoms with E-state index < -0.39 is 0 Å². The Morgan fingerprint density at radius 1 is 1.12 bits per heavy atom. The topological polar surface area (TPSA) is 38.3 Å². The van der Waals surface area contributed by atoms with Gasteiger partial charge in [0.15, 0.2) is 0 Å². The molecule has 0 aromatic heterocycles. The quantitative estimate of drug-likeness (QED) is 0.721. The van der Waals surface area contributed by atoms with E-state index >= 15 is 0 Å². The van der Waals surface area contributed by atoms with E-state index in [1.54, 1.807) is 0 Å². The van der Waals surface area contributed by atoms with E-state index in [-0.39, 0.29) is 5.97 Å². The lowest BCUT2D eigenvalue weighted by Crippen LogP contribution is -2.27. The van der Waals surface area contributed by atoms with Crippen molar-refractivity contribution in [3.8, 4) is 0 Å². The van der Waals surface area contributed by atoms with E-state index in [0.29, 0.717) is 22.9 Å². The molecule has 2 aliphatic carbocycles. The molecule has 1 unspecified atom stereocenters. The van der Waals surface area contributed by atoms with Gasteiger partial charge in [-0.05, 0) is 60.8 Å². The molecular weight excluding hydrogens is 322 g/mol. The molecule has 26 heavy (non-hydrogen) atoms. The van der Waals surface area contributed by atoms with E-state index in [4.69, 9.17) is 4.74 Å². The van der Waals surface area contributed by atoms with Gasteiger partial charge in [0.2, 0.25) is 0 Å². The highest BCUT2D eigenvalue weighted by Gasteiger charge is 2.45. The molecule has 0 amide bonds. The van der Waals surface area contributed by atoms with Gasteiger partial charge in [-0.15, -0.1) is 0 Å². The second-order valence-corrected chi connectivity index (χ2v) is 7.93. The van der Waals surface area contributed by atoms with Crippen molar-refractivity contribution in [2.24, 2.45) is 5.41 Å². The van der Waals surface area contributed by atoms with E-state index in [0.717, 1.165) is 13.0 Å². The Labute approximate surface area is 155 Å². The molecule has 2 aliphatic rings. The van der Waals surface area contributed by atoms with Crippen LogP contribution in [-0.4, -0.2) is 25.7 Å². The van der Waals surface area contributed by atoms with Crippen LogP contribution < -0.4 is 5.32 Å². The third-order valence-electron chi connectivity index (χ3n) is 6.03. The maximum absolute atomic E-state index is 11.5. The largest absolute Gasteiger partial charge is 0.465 e. The summed E-state index contributed by atoms with van der Waals surface area (Å²) in [5.41, 5.74) is 3.89. The van der Waals surface area contributed by atoms with Gasteiger partial charge in [-0.1, -0.05) is 42.5 Å². The summed E-state index contributed by atoms with van der Waals surface area (Å²) in [6.07, 6.45) is 6.25. The minimum Gasteiger partial charge on any atom is -0.465 e. The fourth-order valence-corrected chi connectivity index (χ4v) is 3.86. The van der Waals surface area contributed by atoms with Gasteiger partial charge in [-0.3, -0.25) is 0 Å². The standard InChI is InChI=1S/C23H27NO2/c1-26-22(25)19-9-7-17(8-10-19)11-12-23(13-14-23)16-24-21-15-20(21)18-5-3-2-4-6-18/h2-10,20-21,24H,11-16H2,1H3/t20?,21-/m0/s1. The molecule has 2 aromatic rings. The summed E-state index contributed by atoms with van der Waals surface area (Å²) in [5.74, 6) is 0.440. The van der Waals surface area contributed by atoms with Gasteiger partial charge in [0.1, 0.15) is 0 Å². The van der Waals surface area contributed by atoms with Gasteiger partial charge in [0.25, 0.3) is 0 Å². The first-order valence-electron chi connectivity index (χ1n) is 9.65. The highest BCUT2D eigenvalue weighted by atomic mass is 16.5. The van der Waals surface area contributed by atoms with Crippen LogP contribution >= 0.6 is 0 Å². The summed E-state index contributed by atoms with van der Waals surface area (Å²) in [4.78, 5) is 11.5. The van der Waals surface area contributed by atoms with Crippen LogP contribution in [-0.2, 0) is 11.2 Å². The molecule has 0 saturated heterocycles. The maximum Gasteiger partial charge on any atom is 0.337 e. The lowest BCUT2D eigenvalue weighted by atomic mass is 9.96. The van der Waals surface area contributed by atoms with Crippen molar-refractivity contribution in [3.05, 3.63) is 71.3 Å². The molecule has 1 N–H and O–H groups in total. The van der Waals surface area contributed by atoms with Crippen LogP contribution in [0, 0.1) is 5.41 Å². The Morgan fingerprint density at radius 3 is 2.50 bits per heavy atom. The highest BCUT2D eigenvalue weighted by Crippen LogP contribution is 2.50. The van der Waals surface area contributed by atoms with E-state index in [1.807, 2.05) is 12.1 Å². The molecule has 2 saturated carbocycles. The number of benzene rings is 2. The van der Waals surface area contributed by atoms with Crippen molar-refractivity contribution >= 4 is 5.97 Å². The zero-order chi connectivity index (χ0) is 18.0. The second-order valence-electron chi connectivity index (χ2n) is 7.93. The van der Waals surface area contributed by atoms with Crippen LogP contribution in [0.5, 0.6) is 0 Å². The Morgan fingerprint density at radius 2 is 1.85 bits per heavy atom. The van der Waals surface area contributed by atoms with E-state index in [1.165, 1.54) is 43.9 Å². The third kappa shape index (κ3) is 3.99. The number of carbonyl (C=O) groups excluding carboxylic acids is 1. The minimum absolute atomic E-state index is 0.267. The molecular formula is C23H27NO2. The third-order valence-corrected chi connectivity index (χ3v) is 6.03. The summed E-state index contributed by atoms with van der Waals surface area (Å²) in [5, 5.41) is 3.81. The molecule has 3 heteroatoms. The number of hydrogen-bond donors (Lipinski definition) is 1. The molecule has 0 aliphatic heterocycles. The molecule has 4 rings (SSSR count). The fourth-order valence-electron chi connectivity index (χ4n) is 3.86. The lowest BCUT2D eigenvalue weighted by molar-refractivity contribution is 0.0600. The first-order chi connectivity index (χ1) is 12.7. The van der Waals surface area contributed by atoms with Crippen LogP contribution in [0.4, 0.5) is 0 Å². The fraction of sp³-hybridized carbons (Fsp3) is 0.435. The molecule has 3 nitrogen and oxygen atoms in total. The summed E-state index contributed by atoms with van der Waals surface area (Å²) in [6.45, 7) is 1.14. The van der Waals surface area contributed by atoms with Crippen molar-refractivity contribution in [1.29, 1.82) is 0 Å². The predicted octanol–water partition coefficient (Wildman–Crippen LogP) is 4.33. The molecule has 0 spiro atoms. The summed E-state index contributed by atoms with van der Waals surface area (Å²) >= 11 is 0. The van der Waals surface area contributed by atoms with Crippen LogP contribution in [0.2, 0.25) is 0 Å². The molecule has 136 valence electrons. The minimum atomic E-state index is -0.267. The van der Waals surface area contributed by atoms with Gasteiger partial charge in [0.05, 0.1) is 12.7 Å². The normalized spacial score (nSPS) is 22.7. The van der Waals surface area contributed by atoms with Gasteiger partial charge in [-0.2, -0.15) is 0 Å². The van der Waals surface area contributed by atoms with E-state index in [9.17, 15) is 4.79 Å². The Kier molecular flexibility index (Phi) is 4.82. The number of aryl methyl sites for hydroxylation is 1. The van der Waals surface area contributed by atoms with Gasteiger partial charge in [-0.25, -0.2) is 4.79 Å². The van der Waals surface area contributed by atoms with Crippen LogP contribution in [0.1, 0.15) is 53.1 Å². The molecule has 0 bridgehead atoms. The van der Waals surface area contributed by atoms with Gasteiger partial charge in [0, 0.05) is 18.5 Å². The monoisotopic (exact) mass is 349 g/mol. The second kappa shape index (κ2) is 7.24. The number of methoxy groups -OCH3 is 1.